The van der Waals surface area contributed by atoms with E-state index < -0.39 is 0 Å². The van der Waals surface area contributed by atoms with Gasteiger partial charge in [0.25, 0.3) is 0 Å². The lowest BCUT2D eigenvalue weighted by Crippen LogP contribution is -2.27. The molecule has 1 aromatic carbocycles. The molecule has 0 aliphatic rings. The zero-order valence-corrected chi connectivity index (χ0v) is 15.3. The second kappa shape index (κ2) is 9.56. The maximum atomic E-state index is 10.8. The quantitative estimate of drug-likeness (QED) is 0.710. The average Bonchev–Trinajstić information content (AvgIpc) is 2.47. The first-order valence-electron chi connectivity index (χ1n) is 8.45. The molecule has 1 amide bonds. The highest BCUT2D eigenvalue weighted by molar-refractivity contribution is 5.72. The molecule has 1 aromatic rings. The molecule has 0 aliphatic heterocycles. The van der Waals surface area contributed by atoms with E-state index in [1.807, 2.05) is 6.07 Å². The van der Waals surface area contributed by atoms with Gasteiger partial charge in [-0.3, -0.25) is 4.79 Å². The zero-order valence-electron chi connectivity index (χ0n) is 15.3. The predicted molar refractivity (Wildman–Crippen MR) is 96.1 cm³/mol. The van der Waals surface area contributed by atoms with Crippen LogP contribution in [0.4, 0.5) is 0 Å². The molecule has 4 heteroatoms. The van der Waals surface area contributed by atoms with Gasteiger partial charge in [-0.05, 0) is 49.5 Å². The molecule has 0 unspecified atom stereocenters. The Hall–Kier alpha value is -1.55. The van der Waals surface area contributed by atoms with Crippen molar-refractivity contribution >= 4 is 5.91 Å². The van der Waals surface area contributed by atoms with Gasteiger partial charge in [-0.15, -0.1) is 0 Å². The van der Waals surface area contributed by atoms with E-state index in [1.165, 1.54) is 5.56 Å². The highest BCUT2D eigenvalue weighted by Crippen LogP contribution is 2.25. The van der Waals surface area contributed by atoms with Gasteiger partial charge in [0.15, 0.2) is 0 Å². The smallest absolute Gasteiger partial charge is 0.216 e. The number of rotatable bonds is 9. The van der Waals surface area contributed by atoms with E-state index in [2.05, 4.69) is 56.2 Å². The maximum absolute atomic E-state index is 10.8. The summed E-state index contributed by atoms with van der Waals surface area (Å²) in [6.07, 6.45) is 1.97. The molecule has 0 fully saturated rings. The van der Waals surface area contributed by atoms with Crippen molar-refractivity contribution in [2.75, 3.05) is 33.3 Å². The summed E-state index contributed by atoms with van der Waals surface area (Å²) in [7, 11) is 2.11. The Morgan fingerprint density at radius 2 is 1.91 bits per heavy atom. The van der Waals surface area contributed by atoms with Crippen molar-refractivity contribution in [2.45, 2.75) is 46.0 Å². The summed E-state index contributed by atoms with van der Waals surface area (Å²) in [6.45, 7) is 11.6. The molecule has 0 aromatic heterocycles. The minimum absolute atomic E-state index is 0.0403. The first-order valence-corrected chi connectivity index (χ1v) is 8.45. The van der Waals surface area contributed by atoms with Crippen molar-refractivity contribution < 1.29 is 9.53 Å². The van der Waals surface area contributed by atoms with Gasteiger partial charge in [0, 0.05) is 20.0 Å². The van der Waals surface area contributed by atoms with Crippen LogP contribution in [-0.2, 0) is 10.2 Å². The number of nitrogens with one attached hydrogen (secondary N) is 1. The van der Waals surface area contributed by atoms with Gasteiger partial charge >= 0.3 is 0 Å². The minimum Gasteiger partial charge on any atom is -0.494 e. The van der Waals surface area contributed by atoms with Gasteiger partial charge in [0.2, 0.25) is 5.91 Å². The van der Waals surface area contributed by atoms with Crippen LogP contribution in [-0.4, -0.2) is 44.1 Å². The molecule has 0 aliphatic carbocycles. The zero-order chi connectivity index (χ0) is 17.3. The molecule has 0 radical (unpaired) electrons. The minimum atomic E-state index is 0.0403. The highest BCUT2D eigenvalue weighted by atomic mass is 16.5. The number of benzene rings is 1. The number of carbonyl (C=O) groups excluding carboxylic acids is 1. The fraction of sp³-hybridized carbons (Fsp3) is 0.632. The SMILES string of the molecule is CC(=O)NCCCN(C)CCCOc1cccc(C(C)(C)C)c1. The number of hydrogen-bond acceptors (Lipinski definition) is 3. The number of hydrogen-bond donors (Lipinski definition) is 1. The van der Waals surface area contributed by atoms with Gasteiger partial charge in [-0.25, -0.2) is 0 Å². The first-order chi connectivity index (χ1) is 10.8. The molecule has 0 spiro atoms. The Morgan fingerprint density at radius 1 is 1.22 bits per heavy atom. The summed E-state index contributed by atoms with van der Waals surface area (Å²) < 4.78 is 5.87. The maximum Gasteiger partial charge on any atom is 0.216 e. The van der Waals surface area contributed by atoms with Crippen LogP contribution in [0.1, 0.15) is 46.1 Å². The fourth-order valence-corrected chi connectivity index (χ4v) is 2.30. The third kappa shape index (κ3) is 8.60. The molecule has 0 bridgehead atoms. The molecule has 1 N–H and O–H groups in total. The van der Waals surface area contributed by atoms with Crippen LogP contribution in [0.15, 0.2) is 24.3 Å². The normalized spacial score (nSPS) is 11.6. The molecule has 1 rings (SSSR count). The third-order valence-corrected chi connectivity index (χ3v) is 3.74. The van der Waals surface area contributed by atoms with Crippen LogP contribution >= 0.6 is 0 Å². The summed E-state index contributed by atoms with van der Waals surface area (Å²) in [5.74, 6) is 0.990. The largest absolute Gasteiger partial charge is 0.494 e. The van der Waals surface area contributed by atoms with Crippen molar-refractivity contribution in [1.29, 1.82) is 0 Å². The Balaban J connectivity index is 2.21. The van der Waals surface area contributed by atoms with E-state index in [0.29, 0.717) is 0 Å². The number of carbonyl (C=O) groups is 1. The topological polar surface area (TPSA) is 41.6 Å². The second-order valence-corrected chi connectivity index (χ2v) is 7.12. The van der Waals surface area contributed by atoms with Crippen molar-refractivity contribution in [3.63, 3.8) is 0 Å². The van der Waals surface area contributed by atoms with Crippen LogP contribution in [0.25, 0.3) is 0 Å². The van der Waals surface area contributed by atoms with Crippen LogP contribution in [0, 0.1) is 0 Å². The van der Waals surface area contributed by atoms with Crippen molar-refractivity contribution in [3.05, 3.63) is 29.8 Å². The second-order valence-electron chi connectivity index (χ2n) is 7.12. The summed E-state index contributed by atoms with van der Waals surface area (Å²) in [5.41, 5.74) is 1.44. The van der Waals surface area contributed by atoms with E-state index in [4.69, 9.17) is 4.74 Å². The van der Waals surface area contributed by atoms with Crippen LogP contribution in [0.5, 0.6) is 5.75 Å². The van der Waals surface area contributed by atoms with Gasteiger partial charge in [0.05, 0.1) is 6.61 Å². The lowest BCUT2D eigenvalue weighted by molar-refractivity contribution is -0.118. The molecule has 4 nitrogen and oxygen atoms in total. The number of nitrogens with zero attached hydrogens (tertiary/aromatic N) is 1. The van der Waals surface area contributed by atoms with Crippen LogP contribution in [0.2, 0.25) is 0 Å². The van der Waals surface area contributed by atoms with Crippen molar-refractivity contribution in [2.24, 2.45) is 0 Å². The van der Waals surface area contributed by atoms with E-state index in [-0.39, 0.29) is 11.3 Å². The lowest BCUT2D eigenvalue weighted by atomic mass is 9.87. The molecular formula is C19H32N2O2. The molecule has 0 saturated carbocycles. The lowest BCUT2D eigenvalue weighted by Gasteiger charge is -2.20. The molecular weight excluding hydrogens is 288 g/mol. The van der Waals surface area contributed by atoms with E-state index in [9.17, 15) is 4.79 Å². The summed E-state index contributed by atoms with van der Waals surface area (Å²) in [5, 5.41) is 2.82. The fourth-order valence-electron chi connectivity index (χ4n) is 2.30. The van der Waals surface area contributed by atoms with Gasteiger partial charge in [-0.1, -0.05) is 32.9 Å². The van der Waals surface area contributed by atoms with Gasteiger partial charge in [0.1, 0.15) is 5.75 Å². The van der Waals surface area contributed by atoms with Gasteiger partial charge < -0.3 is 15.0 Å². The van der Waals surface area contributed by atoms with Crippen LogP contribution in [0.3, 0.4) is 0 Å². The number of ether oxygens (including phenoxy) is 1. The van der Waals surface area contributed by atoms with Gasteiger partial charge in [-0.2, -0.15) is 0 Å². The van der Waals surface area contributed by atoms with Crippen molar-refractivity contribution in [3.8, 4) is 5.75 Å². The van der Waals surface area contributed by atoms with Crippen molar-refractivity contribution in [1.82, 2.24) is 10.2 Å². The average molecular weight is 320 g/mol. The highest BCUT2D eigenvalue weighted by Gasteiger charge is 2.13. The first kappa shape index (κ1) is 19.5. The molecule has 0 saturated heterocycles. The summed E-state index contributed by atoms with van der Waals surface area (Å²) >= 11 is 0. The Bertz CT molecular complexity index is 481. The Kier molecular flexibility index (Phi) is 8.10. The Morgan fingerprint density at radius 3 is 2.57 bits per heavy atom. The molecule has 23 heavy (non-hydrogen) atoms. The summed E-state index contributed by atoms with van der Waals surface area (Å²) in [4.78, 5) is 13.1. The molecule has 0 atom stereocenters. The Labute approximate surface area is 141 Å². The summed E-state index contributed by atoms with van der Waals surface area (Å²) in [6, 6.07) is 8.36. The monoisotopic (exact) mass is 320 g/mol. The molecule has 130 valence electrons. The van der Waals surface area contributed by atoms with Crippen LogP contribution < -0.4 is 10.1 Å². The number of amides is 1. The van der Waals surface area contributed by atoms with E-state index >= 15 is 0 Å². The predicted octanol–water partition coefficient (Wildman–Crippen LogP) is 3.21. The van der Waals surface area contributed by atoms with E-state index in [1.54, 1.807) is 6.92 Å². The standard InChI is InChI=1S/C19H32N2O2/c1-16(22)20-11-7-12-21(5)13-8-14-23-18-10-6-9-17(15-18)19(2,3)4/h6,9-10,15H,7-8,11-14H2,1-5H3,(H,20,22). The third-order valence-electron chi connectivity index (χ3n) is 3.74. The van der Waals surface area contributed by atoms with E-state index in [0.717, 1.165) is 44.8 Å². The molecule has 0 heterocycles.